The topological polar surface area (TPSA) is 314 Å². The van der Waals surface area contributed by atoms with Gasteiger partial charge in [0.25, 0.3) is 0 Å². The fourth-order valence-electron chi connectivity index (χ4n) is 5.92. The van der Waals surface area contributed by atoms with E-state index in [9.17, 15) is 33.7 Å². The van der Waals surface area contributed by atoms with Crippen LogP contribution in [0, 0.1) is 0 Å². The van der Waals surface area contributed by atoms with E-state index in [1.807, 2.05) is 0 Å². The average molecular weight is 1050 g/mol. The molecule has 0 saturated heterocycles. The molecule has 0 rings (SSSR count). The monoisotopic (exact) mass is 1050 g/mol. The predicted molar refractivity (Wildman–Crippen MR) is 275 cm³/mol. The van der Waals surface area contributed by atoms with Crippen LogP contribution in [0.2, 0.25) is 0 Å². The number of methoxy groups -OCH3 is 4. The SMILES string of the molecule is C.C.C.C=CC[C@@H](OCCOC)[C@@H](CC)S(N)(=O)=O.C=CC[C@@H](OCCOC)[C@H](CC)S(N)(=O)=O.C=CC[C@H](OCCOC)[C@@H](CC)S(N)(=O)=O.C=CC[C@H](OCCOC)[C@H](CC)S(N)(=O)=O. The normalized spacial score (nSPS) is 15.0. The molecule has 0 aliphatic heterocycles. The van der Waals surface area contributed by atoms with Crippen LogP contribution in [0.25, 0.3) is 0 Å². The van der Waals surface area contributed by atoms with Gasteiger partial charge in [0.15, 0.2) is 0 Å². The second-order valence-corrected chi connectivity index (χ2v) is 21.0. The first-order valence-corrected chi connectivity index (χ1v) is 27.2. The Morgan fingerprint density at radius 3 is 0.597 bits per heavy atom. The standard InChI is InChI=1S/4C10H21NO4S.3CH4/c4*1-4-6-9(15-8-7-14-3)10(5-2)16(11,12)13;;;/h4*4,9-10H,1,5-8H2,2-3H3,(H2,11,12,13);3*1H4/t2*9-,10+;2*9-,10-;;;/m1010.../s1. The van der Waals surface area contributed by atoms with E-state index in [4.69, 9.17) is 58.5 Å². The van der Waals surface area contributed by atoms with Crippen LogP contribution < -0.4 is 20.6 Å². The van der Waals surface area contributed by atoms with Crippen molar-refractivity contribution >= 4 is 40.1 Å². The Bertz CT molecular complexity index is 1400. The Balaban J connectivity index is -0.000000141. The van der Waals surface area contributed by atoms with Gasteiger partial charge in [-0.05, 0) is 51.4 Å². The molecule has 0 fully saturated rings. The molecule has 8 N–H and O–H groups in total. The van der Waals surface area contributed by atoms with E-state index in [1.54, 1.807) is 80.4 Å². The van der Waals surface area contributed by atoms with Crippen molar-refractivity contribution in [2.75, 3.05) is 81.3 Å². The van der Waals surface area contributed by atoms with Crippen molar-refractivity contribution in [1.29, 1.82) is 0 Å². The fourth-order valence-corrected chi connectivity index (χ4v) is 10.2. The highest BCUT2D eigenvalue weighted by Gasteiger charge is 2.32. The first-order chi connectivity index (χ1) is 29.9. The summed E-state index contributed by atoms with van der Waals surface area (Å²) < 4.78 is 132. The molecule has 0 heterocycles. The van der Waals surface area contributed by atoms with Crippen molar-refractivity contribution in [3.8, 4) is 0 Å². The predicted octanol–water partition coefficient (Wildman–Crippen LogP) is 4.55. The minimum absolute atomic E-state index is 0. The van der Waals surface area contributed by atoms with E-state index >= 15 is 0 Å². The molecule has 0 amide bonds. The minimum Gasteiger partial charge on any atom is -0.382 e. The zero-order valence-electron chi connectivity index (χ0n) is 39.5. The van der Waals surface area contributed by atoms with Gasteiger partial charge in [0, 0.05) is 28.4 Å². The van der Waals surface area contributed by atoms with Crippen LogP contribution in [0.3, 0.4) is 0 Å². The third-order valence-electron chi connectivity index (χ3n) is 9.03. The molecule has 20 nitrogen and oxygen atoms in total. The van der Waals surface area contributed by atoms with Crippen LogP contribution in [0.5, 0.6) is 0 Å². The van der Waals surface area contributed by atoms with E-state index in [2.05, 4.69) is 26.3 Å². The third-order valence-corrected chi connectivity index (χ3v) is 15.0. The maximum Gasteiger partial charge on any atom is 0.214 e. The van der Waals surface area contributed by atoms with Crippen LogP contribution in [0.1, 0.15) is 101 Å². The highest BCUT2D eigenvalue weighted by Crippen LogP contribution is 2.18. The summed E-state index contributed by atoms with van der Waals surface area (Å²) in [6.45, 7) is 24.5. The summed E-state index contributed by atoms with van der Waals surface area (Å²) in [6.07, 6.45) is 8.23. The van der Waals surface area contributed by atoms with E-state index in [0.29, 0.717) is 104 Å². The second kappa shape index (κ2) is 46.7. The van der Waals surface area contributed by atoms with Crippen molar-refractivity contribution in [3.63, 3.8) is 0 Å². The molecular weight excluding hydrogens is 957 g/mol. The third kappa shape index (κ3) is 40.7. The first-order valence-electron chi connectivity index (χ1n) is 20.8. The van der Waals surface area contributed by atoms with E-state index in [1.165, 1.54) is 0 Å². The molecule has 0 unspecified atom stereocenters. The molecule has 0 aromatic carbocycles. The quantitative estimate of drug-likeness (QED) is 0.0494. The summed E-state index contributed by atoms with van der Waals surface area (Å²) >= 11 is 0. The van der Waals surface area contributed by atoms with E-state index in [-0.39, 0.29) is 22.3 Å². The molecular formula is C43H96N4O16S4. The van der Waals surface area contributed by atoms with Crippen LogP contribution in [0.15, 0.2) is 50.6 Å². The van der Waals surface area contributed by atoms with Gasteiger partial charge in [-0.3, -0.25) is 0 Å². The fraction of sp³-hybridized carbons (Fsp3) is 0.814. The van der Waals surface area contributed by atoms with Gasteiger partial charge in [0.2, 0.25) is 40.1 Å². The van der Waals surface area contributed by atoms with E-state index < -0.39 is 85.5 Å². The Hall–Kier alpha value is -1.72. The summed E-state index contributed by atoms with van der Waals surface area (Å²) in [5.41, 5.74) is 0. The summed E-state index contributed by atoms with van der Waals surface area (Å²) in [5.74, 6) is 0. The minimum atomic E-state index is -3.59. The Labute approximate surface area is 409 Å². The van der Waals surface area contributed by atoms with Gasteiger partial charge in [0.1, 0.15) is 21.0 Å². The average Bonchev–Trinajstić information content (AvgIpc) is 3.18. The van der Waals surface area contributed by atoms with Crippen LogP contribution in [0.4, 0.5) is 0 Å². The van der Waals surface area contributed by atoms with Gasteiger partial charge in [-0.15, -0.1) is 26.3 Å². The van der Waals surface area contributed by atoms with Gasteiger partial charge in [0.05, 0.1) is 77.3 Å². The Morgan fingerprint density at radius 2 is 0.507 bits per heavy atom. The highest BCUT2D eigenvalue weighted by molar-refractivity contribution is 7.90. The summed E-state index contributed by atoms with van der Waals surface area (Å²) in [6, 6.07) is 0. The van der Waals surface area contributed by atoms with Crippen LogP contribution in [-0.2, 0) is 78.0 Å². The van der Waals surface area contributed by atoms with Gasteiger partial charge in [-0.2, -0.15) is 0 Å². The van der Waals surface area contributed by atoms with Crippen molar-refractivity contribution in [1.82, 2.24) is 0 Å². The number of hydrogen-bond donors (Lipinski definition) is 4. The van der Waals surface area contributed by atoms with Gasteiger partial charge in [-0.1, -0.05) is 74.3 Å². The number of sulfonamides is 4. The lowest BCUT2D eigenvalue weighted by Gasteiger charge is -2.23. The zero-order valence-corrected chi connectivity index (χ0v) is 42.8. The van der Waals surface area contributed by atoms with Crippen LogP contribution >= 0.6 is 0 Å². The number of hydrogen-bond acceptors (Lipinski definition) is 16. The highest BCUT2D eigenvalue weighted by atomic mass is 32.2. The molecule has 0 aromatic rings. The van der Waals surface area contributed by atoms with Crippen molar-refractivity contribution in [2.45, 2.75) is 147 Å². The Morgan fingerprint density at radius 1 is 0.358 bits per heavy atom. The lowest BCUT2D eigenvalue weighted by atomic mass is 10.1. The molecule has 0 aliphatic rings. The lowest BCUT2D eigenvalue weighted by Crippen LogP contribution is -2.40. The largest absolute Gasteiger partial charge is 0.382 e. The zero-order chi connectivity index (χ0) is 50.4. The van der Waals surface area contributed by atoms with Crippen molar-refractivity contribution < 1.29 is 71.6 Å². The first kappa shape index (κ1) is 79.4. The molecule has 0 saturated carbocycles. The number of ether oxygens (including phenoxy) is 8. The van der Waals surface area contributed by atoms with Gasteiger partial charge in [-0.25, -0.2) is 54.2 Å². The molecule has 408 valence electrons. The lowest BCUT2D eigenvalue weighted by molar-refractivity contribution is 0.0162. The van der Waals surface area contributed by atoms with Crippen molar-refractivity contribution in [3.05, 3.63) is 50.6 Å². The maximum absolute atomic E-state index is 11.3. The van der Waals surface area contributed by atoms with Crippen LogP contribution in [-0.4, -0.2) is 160 Å². The molecule has 0 bridgehead atoms. The smallest absolute Gasteiger partial charge is 0.214 e. The summed E-state index contributed by atoms with van der Waals surface area (Å²) in [7, 11) is -8.11. The molecule has 8 atom stereocenters. The maximum atomic E-state index is 11.3. The molecule has 0 spiro atoms. The second-order valence-electron chi connectivity index (χ2n) is 13.8. The van der Waals surface area contributed by atoms with E-state index in [0.717, 1.165) is 0 Å². The summed E-state index contributed by atoms with van der Waals surface area (Å²) in [5, 5.41) is 17.8. The number of nitrogens with two attached hydrogens (primary N) is 4. The molecule has 0 aliphatic carbocycles. The summed E-state index contributed by atoms with van der Waals surface area (Å²) in [4.78, 5) is 0. The molecule has 0 aromatic heterocycles. The van der Waals surface area contributed by atoms with Gasteiger partial charge < -0.3 is 37.9 Å². The van der Waals surface area contributed by atoms with Gasteiger partial charge >= 0.3 is 0 Å². The molecule has 0 radical (unpaired) electrons. The van der Waals surface area contributed by atoms with Crippen molar-refractivity contribution in [2.24, 2.45) is 20.6 Å². The Kier molecular flexibility index (Phi) is 55.3. The number of rotatable bonds is 36. The molecule has 24 heteroatoms. The number of primary sulfonamides is 4. The molecule has 67 heavy (non-hydrogen) atoms.